The third-order valence-corrected chi connectivity index (χ3v) is 1.43. The Morgan fingerprint density at radius 3 is 2.58 bits per heavy atom. The maximum absolute atomic E-state index is 9.21. The highest BCUT2D eigenvalue weighted by Gasteiger charge is 2.07. The molecule has 0 aliphatic heterocycles. The molecule has 0 saturated carbocycles. The zero-order chi connectivity index (χ0) is 9.14. The molecule has 0 spiro atoms. The highest BCUT2D eigenvalue weighted by atomic mass is 16.5. The van der Waals surface area contributed by atoms with Crippen molar-refractivity contribution < 1.29 is 14.9 Å². The average Bonchev–Trinajstić information content (AvgIpc) is 2.03. The summed E-state index contributed by atoms with van der Waals surface area (Å²) >= 11 is 0. The van der Waals surface area contributed by atoms with Crippen LogP contribution in [-0.2, 0) is 4.74 Å². The van der Waals surface area contributed by atoms with E-state index >= 15 is 0 Å². The summed E-state index contributed by atoms with van der Waals surface area (Å²) < 4.78 is 4.60. The van der Waals surface area contributed by atoms with E-state index in [9.17, 15) is 5.11 Å². The zero-order valence-corrected chi connectivity index (χ0v) is 6.53. The van der Waals surface area contributed by atoms with Gasteiger partial charge in [0.05, 0.1) is 12.7 Å². The minimum Gasteiger partial charge on any atom is -0.508 e. The Morgan fingerprint density at radius 1 is 1.42 bits per heavy atom. The summed E-state index contributed by atoms with van der Waals surface area (Å²) in [5.41, 5.74) is 0.260. The van der Waals surface area contributed by atoms with Crippen molar-refractivity contribution in [2.45, 2.75) is 0 Å². The van der Waals surface area contributed by atoms with E-state index in [0.717, 1.165) is 6.07 Å². The Kier molecular flexibility index (Phi) is 2.19. The summed E-state index contributed by atoms with van der Waals surface area (Å²) in [5, 5.41) is 25.4. The normalized spacial score (nSPS) is 9.42. The van der Waals surface area contributed by atoms with E-state index in [0.29, 0.717) is 0 Å². The van der Waals surface area contributed by atoms with Crippen LogP contribution in [0.1, 0.15) is 5.56 Å². The number of methoxy groups -OCH3 is 1. The number of hydrogen-bond acceptors (Lipinski definition) is 4. The third kappa shape index (κ3) is 1.47. The Balaban J connectivity index is 3.09. The lowest BCUT2D eigenvalue weighted by atomic mass is 10.2. The number of phenolic OH excluding ortho intramolecular Hbond substituents is 2. The summed E-state index contributed by atoms with van der Waals surface area (Å²) in [6.45, 7) is 0. The fourth-order valence-corrected chi connectivity index (χ4v) is 0.822. The maximum atomic E-state index is 9.21. The highest BCUT2D eigenvalue weighted by Crippen LogP contribution is 2.22. The van der Waals surface area contributed by atoms with Gasteiger partial charge in [0.15, 0.2) is 0 Å². The van der Waals surface area contributed by atoms with Crippen LogP contribution in [0.15, 0.2) is 18.2 Å². The number of ether oxygens (including phenoxy) is 1. The molecule has 1 rings (SSSR count). The van der Waals surface area contributed by atoms with Crippen LogP contribution in [0.5, 0.6) is 11.5 Å². The first-order valence-electron chi connectivity index (χ1n) is 3.30. The number of hydrogen-bond donors (Lipinski definition) is 3. The second kappa shape index (κ2) is 3.13. The van der Waals surface area contributed by atoms with Gasteiger partial charge in [-0.15, -0.1) is 0 Å². The first kappa shape index (κ1) is 8.39. The zero-order valence-electron chi connectivity index (χ0n) is 6.53. The minimum absolute atomic E-state index is 0.0415. The van der Waals surface area contributed by atoms with E-state index in [1.807, 2.05) is 0 Å². The summed E-state index contributed by atoms with van der Waals surface area (Å²) in [7, 11) is 1.34. The van der Waals surface area contributed by atoms with Gasteiger partial charge in [-0.1, -0.05) is 0 Å². The first-order chi connectivity index (χ1) is 5.65. The molecular formula is C8H9NO3. The lowest BCUT2D eigenvalue weighted by Gasteiger charge is -2.04. The molecule has 0 heterocycles. The van der Waals surface area contributed by atoms with E-state index < -0.39 is 0 Å². The van der Waals surface area contributed by atoms with Crippen LogP contribution in [0.3, 0.4) is 0 Å². The van der Waals surface area contributed by atoms with E-state index in [1.54, 1.807) is 0 Å². The SMILES string of the molecule is COC(=N)c1ccc(O)cc1O. The number of nitrogens with one attached hydrogen (secondary N) is 1. The fourth-order valence-electron chi connectivity index (χ4n) is 0.822. The van der Waals surface area contributed by atoms with Crippen LogP contribution in [0.4, 0.5) is 0 Å². The van der Waals surface area contributed by atoms with Crippen molar-refractivity contribution in [3.05, 3.63) is 23.8 Å². The van der Waals surface area contributed by atoms with Gasteiger partial charge in [-0.2, -0.15) is 0 Å². The first-order valence-corrected chi connectivity index (χ1v) is 3.30. The van der Waals surface area contributed by atoms with Gasteiger partial charge in [0.25, 0.3) is 0 Å². The molecule has 12 heavy (non-hydrogen) atoms. The summed E-state index contributed by atoms with van der Waals surface area (Å²) in [4.78, 5) is 0. The quantitative estimate of drug-likeness (QED) is 0.432. The molecule has 0 radical (unpaired) electrons. The largest absolute Gasteiger partial charge is 0.508 e. The van der Waals surface area contributed by atoms with E-state index in [1.165, 1.54) is 19.2 Å². The number of aromatic hydroxyl groups is 2. The molecule has 1 aromatic carbocycles. The molecule has 0 atom stereocenters. The molecule has 4 nitrogen and oxygen atoms in total. The van der Waals surface area contributed by atoms with Crippen molar-refractivity contribution in [1.82, 2.24) is 0 Å². The lowest BCUT2D eigenvalue weighted by Crippen LogP contribution is -2.00. The molecule has 3 N–H and O–H groups in total. The van der Waals surface area contributed by atoms with Crippen molar-refractivity contribution in [2.24, 2.45) is 0 Å². The van der Waals surface area contributed by atoms with Crippen LogP contribution >= 0.6 is 0 Å². The van der Waals surface area contributed by atoms with Crippen LogP contribution < -0.4 is 0 Å². The van der Waals surface area contributed by atoms with Gasteiger partial charge >= 0.3 is 0 Å². The molecule has 0 amide bonds. The number of phenols is 2. The molecule has 0 unspecified atom stereocenters. The molecule has 0 saturated heterocycles. The second-order valence-corrected chi connectivity index (χ2v) is 2.23. The topological polar surface area (TPSA) is 73.5 Å². The Hall–Kier alpha value is -1.71. The van der Waals surface area contributed by atoms with Gasteiger partial charge in [-0.3, -0.25) is 5.41 Å². The van der Waals surface area contributed by atoms with Crippen molar-refractivity contribution in [1.29, 1.82) is 5.41 Å². The Labute approximate surface area is 69.5 Å². The smallest absolute Gasteiger partial charge is 0.216 e. The second-order valence-electron chi connectivity index (χ2n) is 2.23. The van der Waals surface area contributed by atoms with Gasteiger partial charge in [0, 0.05) is 6.07 Å². The van der Waals surface area contributed by atoms with Gasteiger partial charge in [-0.05, 0) is 12.1 Å². The predicted molar refractivity (Wildman–Crippen MR) is 43.6 cm³/mol. The predicted octanol–water partition coefficient (Wildman–Crippen LogP) is 1.07. The molecule has 64 valence electrons. The summed E-state index contributed by atoms with van der Waals surface area (Å²) in [6.07, 6.45) is 0. The van der Waals surface area contributed by atoms with Crippen LogP contribution in [0.25, 0.3) is 0 Å². The molecule has 0 aliphatic carbocycles. The van der Waals surface area contributed by atoms with Crippen molar-refractivity contribution in [2.75, 3.05) is 7.11 Å². The number of rotatable bonds is 1. The van der Waals surface area contributed by atoms with E-state index in [4.69, 9.17) is 10.5 Å². The van der Waals surface area contributed by atoms with Crippen molar-refractivity contribution >= 4 is 5.90 Å². The van der Waals surface area contributed by atoms with Gasteiger partial charge < -0.3 is 14.9 Å². The van der Waals surface area contributed by atoms with Gasteiger partial charge in [0.1, 0.15) is 11.5 Å². The molecule has 1 aromatic rings. The monoisotopic (exact) mass is 167 g/mol. The minimum atomic E-state index is -0.165. The molecule has 4 heteroatoms. The van der Waals surface area contributed by atoms with Crippen LogP contribution in [-0.4, -0.2) is 23.2 Å². The lowest BCUT2D eigenvalue weighted by molar-refractivity contribution is 0.395. The van der Waals surface area contributed by atoms with Crippen molar-refractivity contribution in [3.8, 4) is 11.5 Å². The molecule has 0 fully saturated rings. The Morgan fingerprint density at radius 2 is 2.08 bits per heavy atom. The van der Waals surface area contributed by atoms with Crippen LogP contribution in [0, 0.1) is 5.41 Å². The molecule has 0 bridgehead atoms. The van der Waals surface area contributed by atoms with E-state index in [2.05, 4.69) is 4.74 Å². The Bertz CT molecular complexity index is 309. The van der Waals surface area contributed by atoms with Gasteiger partial charge in [0.2, 0.25) is 5.90 Å². The molecule has 0 aromatic heterocycles. The summed E-state index contributed by atoms with van der Waals surface area (Å²) in [6, 6.07) is 3.95. The third-order valence-electron chi connectivity index (χ3n) is 1.43. The number of benzene rings is 1. The van der Waals surface area contributed by atoms with Crippen LogP contribution in [0.2, 0.25) is 0 Å². The average molecular weight is 167 g/mol. The highest BCUT2D eigenvalue weighted by molar-refractivity contribution is 5.94. The standard InChI is InChI=1S/C8H9NO3/c1-12-8(9)6-3-2-5(10)4-7(6)11/h2-4,9-11H,1H3. The molecular weight excluding hydrogens is 158 g/mol. The van der Waals surface area contributed by atoms with Crippen molar-refractivity contribution in [3.63, 3.8) is 0 Å². The molecule has 0 aliphatic rings. The fraction of sp³-hybridized carbons (Fsp3) is 0.125. The summed E-state index contributed by atoms with van der Waals surface area (Å²) in [5.74, 6) is -0.338. The van der Waals surface area contributed by atoms with Gasteiger partial charge in [-0.25, -0.2) is 0 Å². The van der Waals surface area contributed by atoms with E-state index in [-0.39, 0.29) is 23.0 Å². The maximum Gasteiger partial charge on any atom is 0.216 e.